The Morgan fingerprint density at radius 1 is 1.17 bits per heavy atom. The Labute approximate surface area is 171 Å². The fourth-order valence-electron chi connectivity index (χ4n) is 2.38. The summed E-state index contributed by atoms with van der Waals surface area (Å²) in [5.74, 6) is -0.456. The molecule has 0 bridgehead atoms. The van der Waals surface area contributed by atoms with Crippen LogP contribution in [0.4, 0.5) is 10.1 Å². The molecule has 1 amide bonds. The van der Waals surface area contributed by atoms with Gasteiger partial charge in [0.15, 0.2) is 5.76 Å². The fraction of sp³-hybridized carbons (Fsp3) is 0.190. The number of anilines is 1. The van der Waals surface area contributed by atoms with Crippen molar-refractivity contribution in [2.45, 2.75) is 18.8 Å². The Hall–Kier alpha value is -3.13. The summed E-state index contributed by atoms with van der Waals surface area (Å²) in [7, 11) is 0. The van der Waals surface area contributed by atoms with Crippen LogP contribution in [0, 0.1) is 5.82 Å². The van der Waals surface area contributed by atoms with Gasteiger partial charge in [-0.15, -0.1) is 11.8 Å². The van der Waals surface area contributed by atoms with Crippen LogP contribution in [0.15, 0.2) is 65.2 Å². The Morgan fingerprint density at radius 3 is 2.62 bits per heavy atom. The maximum Gasteiger partial charge on any atom is 0.319 e. The van der Waals surface area contributed by atoms with Crippen LogP contribution in [0.5, 0.6) is 0 Å². The molecule has 1 N–H and O–H groups in total. The summed E-state index contributed by atoms with van der Waals surface area (Å²) >= 11 is 1.15. The summed E-state index contributed by atoms with van der Waals surface area (Å²) < 4.78 is 23.4. The molecule has 3 rings (SSSR count). The van der Waals surface area contributed by atoms with Crippen LogP contribution in [0.3, 0.4) is 0 Å². The molecule has 1 heterocycles. The van der Waals surface area contributed by atoms with Gasteiger partial charge in [-0.2, -0.15) is 0 Å². The summed E-state index contributed by atoms with van der Waals surface area (Å²) in [5.41, 5.74) is 1.88. The lowest BCUT2D eigenvalue weighted by Gasteiger charge is -2.10. The predicted octanol–water partition coefficient (Wildman–Crippen LogP) is 4.28. The van der Waals surface area contributed by atoms with Crippen molar-refractivity contribution in [1.82, 2.24) is 5.16 Å². The fourth-order valence-corrected chi connectivity index (χ4v) is 3.06. The third-order valence-electron chi connectivity index (χ3n) is 3.90. The largest absolute Gasteiger partial charge is 0.458 e. The van der Waals surface area contributed by atoms with Gasteiger partial charge in [0.2, 0.25) is 5.91 Å². The maximum atomic E-state index is 12.9. The molecule has 3 aromatic rings. The quantitative estimate of drug-likeness (QED) is 0.554. The van der Waals surface area contributed by atoms with Gasteiger partial charge in [0, 0.05) is 17.3 Å². The maximum absolute atomic E-state index is 12.9. The lowest BCUT2D eigenvalue weighted by Crippen LogP contribution is -2.21. The molecule has 0 aliphatic heterocycles. The first-order valence-corrected chi connectivity index (χ1v) is 9.91. The average molecular weight is 414 g/mol. The van der Waals surface area contributed by atoms with Crippen LogP contribution in [-0.2, 0) is 20.9 Å². The molecule has 6 nitrogen and oxygen atoms in total. The Kier molecular flexibility index (Phi) is 7.02. The van der Waals surface area contributed by atoms with Crippen molar-refractivity contribution in [2.24, 2.45) is 0 Å². The van der Waals surface area contributed by atoms with Gasteiger partial charge < -0.3 is 14.6 Å². The van der Waals surface area contributed by atoms with Crippen molar-refractivity contribution < 1.29 is 23.2 Å². The van der Waals surface area contributed by atoms with Crippen LogP contribution >= 0.6 is 11.8 Å². The highest BCUT2D eigenvalue weighted by Crippen LogP contribution is 2.20. The van der Waals surface area contributed by atoms with E-state index in [9.17, 15) is 14.0 Å². The van der Waals surface area contributed by atoms with Crippen molar-refractivity contribution >= 4 is 29.3 Å². The van der Waals surface area contributed by atoms with E-state index in [1.807, 2.05) is 30.3 Å². The highest BCUT2D eigenvalue weighted by molar-refractivity contribution is 8.01. The van der Waals surface area contributed by atoms with Gasteiger partial charge in [-0.25, -0.2) is 4.39 Å². The van der Waals surface area contributed by atoms with Crippen LogP contribution in [-0.4, -0.2) is 28.0 Å². The number of benzene rings is 2. The standard InChI is InChI=1S/C21H19FN2O4S/c1-14(29-13-20(25)23-17-9-7-16(22)8-10-17)21(26)27-12-18-11-19(28-24-18)15-5-3-2-4-6-15/h2-11,14H,12-13H2,1H3,(H,23,25)/t14-/m1/s1. The Bertz CT molecular complexity index is 960. The molecule has 0 radical (unpaired) electrons. The number of halogens is 1. The van der Waals surface area contributed by atoms with Crippen molar-refractivity contribution in [1.29, 1.82) is 0 Å². The zero-order chi connectivity index (χ0) is 20.6. The minimum absolute atomic E-state index is 0.0121. The highest BCUT2D eigenvalue weighted by atomic mass is 32.2. The number of hydrogen-bond acceptors (Lipinski definition) is 6. The smallest absolute Gasteiger partial charge is 0.319 e. The zero-order valence-electron chi connectivity index (χ0n) is 15.6. The molecule has 0 fully saturated rings. The number of rotatable bonds is 8. The van der Waals surface area contributed by atoms with Crippen LogP contribution in [0.25, 0.3) is 11.3 Å². The van der Waals surface area contributed by atoms with Crippen molar-refractivity contribution in [3.05, 3.63) is 72.2 Å². The van der Waals surface area contributed by atoms with E-state index in [1.54, 1.807) is 13.0 Å². The number of esters is 1. The molecule has 0 unspecified atom stereocenters. The van der Waals surface area contributed by atoms with Crippen LogP contribution in [0.2, 0.25) is 0 Å². The lowest BCUT2D eigenvalue weighted by molar-refractivity contribution is -0.144. The van der Waals surface area contributed by atoms with Gasteiger partial charge in [0.25, 0.3) is 0 Å². The van der Waals surface area contributed by atoms with Crippen molar-refractivity contribution in [2.75, 3.05) is 11.1 Å². The Morgan fingerprint density at radius 2 is 1.90 bits per heavy atom. The van der Waals surface area contributed by atoms with Gasteiger partial charge in [0.05, 0.1) is 5.75 Å². The number of aromatic nitrogens is 1. The van der Waals surface area contributed by atoms with E-state index in [4.69, 9.17) is 9.26 Å². The monoisotopic (exact) mass is 414 g/mol. The summed E-state index contributed by atoms with van der Waals surface area (Å²) in [6.07, 6.45) is 0. The molecule has 8 heteroatoms. The molecule has 1 aromatic heterocycles. The molecule has 29 heavy (non-hydrogen) atoms. The van der Waals surface area contributed by atoms with Crippen LogP contribution < -0.4 is 5.32 Å². The van der Waals surface area contributed by atoms with Gasteiger partial charge in [-0.05, 0) is 31.2 Å². The zero-order valence-corrected chi connectivity index (χ0v) is 16.4. The third-order valence-corrected chi connectivity index (χ3v) is 5.03. The van der Waals surface area contributed by atoms with Gasteiger partial charge in [-0.3, -0.25) is 9.59 Å². The first kappa shape index (κ1) is 20.6. The van der Waals surface area contributed by atoms with E-state index in [0.29, 0.717) is 17.1 Å². The van der Waals surface area contributed by atoms with E-state index in [1.165, 1.54) is 24.3 Å². The molecular weight excluding hydrogens is 395 g/mol. The normalized spacial score (nSPS) is 11.7. The molecule has 0 spiro atoms. The highest BCUT2D eigenvalue weighted by Gasteiger charge is 2.18. The second-order valence-electron chi connectivity index (χ2n) is 6.16. The summed E-state index contributed by atoms with van der Waals surface area (Å²) in [6.45, 7) is 1.65. The SMILES string of the molecule is C[C@@H](SCC(=O)Nc1ccc(F)cc1)C(=O)OCc1cc(-c2ccccc2)on1. The van der Waals surface area contributed by atoms with E-state index in [0.717, 1.165) is 17.3 Å². The molecule has 150 valence electrons. The van der Waals surface area contributed by atoms with Gasteiger partial charge in [-0.1, -0.05) is 35.5 Å². The number of amides is 1. The second kappa shape index (κ2) is 9.88. The van der Waals surface area contributed by atoms with E-state index in [2.05, 4.69) is 10.5 Å². The third kappa shape index (κ3) is 6.18. The minimum atomic E-state index is -0.533. The summed E-state index contributed by atoms with van der Waals surface area (Å²) in [4.78, 5) is 24.1. The number of carbonyl (C=O) groups is 2. The number of nitrogens with zero attached hydrogens (tertiary/aromatic N) is 1. The number of thioether (sulfide) groups is 1. The summed E-state index contributed by atoms with van der Waals surface area (Å²) in [5, 5.41) is 6.01. The minimum Gasteiger partial charge on any atom is -0.458 e. The number of hydrogen-bond donors (Lipinski definition) is 1. The second-order valence-corrected chi connectivity index (χ2v) is 7.49. The van der Waals surface area contributed by atoms with E-state index < -0.39 is 11.2 Å². The first-order chi connectivity index (χ1) is 14.0. The summed E-state index contributed by atoms with van der Waals surface area (Å²) in [6, 6.07) is 16.7. The van der Waals surface area contributed by atoms with E-state index in [-0.39, 0.29) is 24.1 Å². The van der Waals surface area contributed by atoms with Crippen molar-refractivity contribution in [3.63, 3.8) is 0 Å². The molecular formula is C21H19FN2O4S. The van der Waals surface area contributed by atoms with Crippen molar-refractivity contribution in [3.8, 4) is 11.3 Å². The van der Waals surface area contributed by atoms with Gasteiger partial charge >= 0.3 is 5.97 Å². The predicted molar refractivity (Wildman–Crippen MR) is 109 cm³/mol. The molecule has 1 atom stereocenters. The van der Waals surface area contributed by atoms with Crippen LogP contribution in [0.1, 0.15) is 12.6 Å². The Balaban J connectivity index is 1.42. The molecule has 0 aliphatic carbocycles. The molecule has 0 saturated heterocycles. The first-order valence-electron chi connectivity index (χ1n) is 8.86. The van der Waals surface area contributed by atoms with E-state index >= 15 is 0 Å². The lowest BCUT2D eigenvalue weighted by atomic mass is 10.2. The molecule has 0 saturated carbocycles. The topological polar surface area (TPSA) is 81.4 Å². The average Bonchev–Trinajstić information content (AvgIpc) is 3.21. The number of nitrogens with one attached hydrogen (secondary N) is 1. The number of carbonyl (C=O) groups excluding carboxylic acids is 2. The van der Waals surface area contributed by atoms with Gasteiger partial charge in [0.1, 0.15) is 23.4 Å². The number of ether oxygens (including phenoxy) is 1. The molecule has 0 aliphatic rings. The molecule has 2 aromatic carbocycles.